The van der Waals surface area contributed by atoms with Crippen LogP contribution in [0.5, 0.6) is 5.75 Å². The third kappa shape index (κ3) is 3.62. The van der Waals surface area contributed by atoms with E-state index in [1.165, 1.54) is 6.07 Å². The first-order valence-corrected chi connectivity index (χ1v) is 5.15. The van der Waals surface area contributed by atoms with E-state index in [0.717, 1.165) is 0 Å². The van der Waals surface area contributed by atoms with Crippen LogP contribution in [0, 0.1) is 0 Å². The summed E-state index contributed by atoms with van der Waals surface area (Å²) in [6.45, 7) is 5.25. The number of phenols is 1. The van der Waals surface area contributed by atoms with E-state index in [1.807, 2.05) is 0 Å². The highest BCUT2D eigenvalue weighted by atomic mass is 35.5. The van der Waals surface area contributed by atoms with E-state index in [2.05, 4.69) is 5.32 Å². The van der Waals surface area contributed by atoms with Crippen molar-refractivity contribution in [2.75, 3.05) is 5.32 Å². The van der Waals surface area contributed by atoms with Crippen LogP contribution in [0.4, 0.5) is 10.5 Å². The Balaban J connectivity index is 2.78. The molecule has 5 heteroatoms. The molecule has 1 amide bonds. The third-order valence-electron chi connectivity index (χ3n) is 1.62. The summed E-state index contributed by atoms with van der Waals surface area (Å²) in [6.07, 6.45) is -0.657. The molecular weight excluding hydrogens is 230 g/mol. The maximum Gasteiger partial charge on any atom is 0.412 e. The number of carbonyl (C=O) groups is 1. The molecule has 0 unspecified atom stereocenters. The van der Waals surface area contributed by atoms with E-state index in [-0.39, 0.29) is 16.5 Å². The van der Waals surface area contributed by atoms with Crippen molar-refractivity contribution in [1.82, 2.24) is 0 Å². The molecule has 16 heavy (non-hydrogen) atoms. The predicted molar refractivity (Wildman–Crippen MR) is 63.0 cm³/mol. The maximum absolute atomic E-state index is 11.4. The van der Waals surface area contributed by atoms with Gasteiger partial charge < -0.3 is 9.84 Å². The zero-order valence-corrected chi connectivity index (χ0v) is 10.1. The van der Waals surface area contributed by atoms with Crippen molar-refractivity contribution in [3.8, 4) is 5.75 Å². The van der Waals surface area contributed by atoms with Gasteiger partial charge in [-0.25, -0.2) is 4.79 Å². The number of para-hydroxylation sites is 1. The van der Waals surface area contributed by atoms with Gasteiger partial charge in [-0.05, 0) is 32.9 Å². The van der Waals surface area contributed by atoms with Gasteiger partial charge in [0, 0.05) is 0 Å². The molecular formula is C11H14ClNO3. The molecule has 0 atom stereocenters. The van der Waals surface area contributed by atoms with Gasteiger partial charge in [-0.1, -0.05) is 17.7 Å². The van der Waals surface area contributed by atoms with E-state index in [9.17, 15) is 9.90 Å². The lowest BCUT2D eigenvalue weighted by Crippen LogP contribution is -2.27. The predicted octanol–water partition coefficient (Wildman–Crippen LogP) is 3.39. The molecule has 0 saturated heterocycles. The molecule has 0 fully saturated rings. The minimum absolute atomic E-state index is 0.0987. The Bertz CT molecular complexity index is 378. The van der Waals surface area contributed by atoms with Gasteiger partial charge in [0.2, 0.25) is 0 Å². The molecule has 88 valence electrons. The molecule has 0 aromatic heterocycles. The Morgan fingerprint density at radius 3 is 2.56 bits per heavy atom. The Kier molecular flexibility index (Phi) is 3.65. The second-order valence-electron chi connectivity index (χ2n) is 4.26. The van der Waals surface area contributed by atoms with Crippen molar-refractivity contribution in [3.05, 3.63) is 23.2 Å². The molecule has 0 heterocycles. The lowest BCUT2D eigenvalue weighted by Gasteiger charge is -2.20. The van der Waals surface area contributed by atoms with Crippen LogP contribution in [0.15, 0.2) is 18.2 Å². The molecule has 0 aliphatic carbocycles. The highest BCUT2D eigenvalue weighted by Crippen LogP contribution is 2.31. The molecule has 0 aliphatic heterocycles. The monoisotopic (exact) mass is 243 g/mol. The van der Waals surface area contributed by atoms with Crippen molar-refractivity contribution < 1.29 is 14.6 Å². The van der Waals surface area contributed by atoms with Crippen LogP contribution in [0.3, 0.4) is 0 Å². The number of rotatable bonds is 1. The zero-order valence-electron chi connectivity index (χ0n) is 9.37. The molecule has 1 aromatic carbocycles. The SMILES string of the molecule is CC(C)(C)OC(=O)Nc1c(O)cccc1Cl. The number of hydrogen-bond acceptors (Lipinski definition) is 3. The van der Waals surface area contributed by atoms with E-state index in [0.29, 0.717) is 0 Å². The Labute approximate surface area is 99.2 Å². The Morgan fingerprint density at radius 1 is 1.44 bits per heavy atom. The van der Waals surface area contributed by atoms with Crippen molar-refractivity contribution in [2.45, 2.75) is 26.4 Å². The summed E-state index contributed by atoms with van der Waals surface area (Å²) in [5.41, 5.74) is -0.445. The fourth-order valence-electron chi connectivity index (χ4n) is 1.04. The number of aromatic hydroxyl groups is 1. The number of carbonyl (C=O) groups excluding carboxylic acids is 1. The molecule has 2 N–H and O–H groups in total. The van der Waals surface area contributed by atoms with Crippen molar-refractivity contribution >= 4 is 23.4 Å². The molecule has 0 spiro atoms. The summed E-state index contributed by atoms with van der Waals surface area (Å²) in [4.78, 5) is 11.4. The van der Waals surface area contributed by atoms with E-state index < -0.39 is 11.7 Å². The Morgan fingerprint density at radius 2 is 2.06 bits per heavy atom. The van der Waals surface area contributed by atoms with Crippen molar-refractivity contribution in [1.29, 1.82) is 0 Å². The van der Waals surface area contributed by atoms with Crippen LogP contribution < -0.4 is 5.32 Å². The number of anilines is 1. The Hall–Kier alpha value is -1.42. The highest BCUT2D eigenvalue weighted by Gasteiger charge is 2.18. The number of nitrogens with one attached hydrogen (secondary N) is 1. The van der Waals surface area contributed by atoms with Crippen LogP contribution in [0.2, 0.25) is 5.02 Å². The summed E-state index contributed by atoms with van der Waals surface area (Å²) >= 11 is 5.81. The van der Waals surface area contributed by atoms with Crippen LogP contribution in [-0.4, -0.2) is 16.8 Å². The number of hydrogen-bond donors (Lipinski definition) is 2. The van der Waals surface area contributed by atoms with E-state index in [1.54, 1.807) is 32.9 Å². The van der Waals surface area contributed by atoms with Gasteiger partial charge in [-0.2, -0.15) is 0 Å². The van der Waals surface area contributed by atoms with Crippen LogP contribution >= 0.6 is 11.6 Å². The summed E-state index contributed by atoms with van der Waals surface area (Å²) in [6, 6.07) is 4.57. The fraction of sp³-hybridized carbons (Fsp3) is 0.364. The second kappa shape index (κ2) is 4.61. The van der Waals surface area contributed by atoms with Crippen LogP contribution in [0.25, 0.3) is 0 Å². The largest absolute Gasteiger partial charge is 0.506 e. The van der Waals surface area contributed by atoms with Gasteiger partial charge in [0.25, 0.3) is 0 Å². The second-order valence-corrected chi connectivity index (χ2v) is 4.67. The topological polar surface area (TPSA) is 58.6 Å². The van der Waals surface area contributed by atoms with E-state index in [4.69, 9.17) is 16.3 Å². The molecule has 1 aromatic rings. The molecule has 4 nitrogen and oxygen atoms in total. The standard InChI is InChI=1S/C11H14ClNO3/c1-11(2,3)16-10(15)13-9-7(12)5-4-6-8(9)14/h4-6,14H,1-3H3,(H,13,15). The number of halogens is 1. The first-order chi connectivity index (χ1) is 7.29. The minimum Gasteiger partial charge on any atom is -0.506 e. The zero-order chi connectivity index (χ0) is 12.3. The molecule has 0 bridgehead atoms. The lowest BCUT2D eigenvalue weighted by molar-refractivity contribution is 0.0635. The van der Waals surface area contributed by atoms with Gasteiger partial charge in [-0.3, -0.25) is 5.32 Å². The lowest BCUT2D eigenvalue weighted by atomic mass is 10.2. The molecule has 0 aliphatic rings. The minimum atomic E-state index is -0.657. The van der Waals surface area contributed by atoms with Gasteiger partial charge in [0.1, 0.15) is 17.0 Å². The summed E-state index contributed by atoms with van der Waals surface area (Å²) in [5.74, 6) is -0.0987. The van der Waals surface area contributed by atoms with Gasteiger partial charge in [0.15, 0.2) is 0 Å². The summed E-state index contributed by atoms with van der Waals surface area (Å²) in [5, 5.41) is 12.1. The normalized spacial score (nSPS) is 11.0. The summed E-state index contributed by atoms with van der Waals surface area (Å²) < 4.78 is 5.03. The van der Waals surface area contributed by atoms with Crippen molar-refractivity contribution in [2.24, 2.45) is 0 Å². The average Bonchev–Trinajstić information content (AvgIpc) is 2.08. The molecule has 1 rings (SSSR count). The van der Waals surface area contributed by atoms with Crippen LogP contribution in [-0.2, 0) is 4.74 Å². The van der Waals surface area contributed by atoms with Crippen molar-refractivity contribution in [3.63, 3.8) is 0 Å². The first kappa shape index (κ1) is 12.6. The third-order valence-corrected chi connectivity index (χ3v) is 1.93. The van der Waals surface area contributed by atoms with E-state index >= 15 is 0 Å². The van der Waals surface area contributed by atoms with Gasteiger partial charge in [0.05, 0.1) is 5.02 Å². The number of phenolic OH excluding ortho intramolecular Hbond substituents is 1. The highest BCUT2D eigenvalue weighted by molar-refractivity contribution is 6.34. The number of amides is 1. The van der Waals surface area contributed by atoms with Gasteiger partial charge in [-0.15, -0.1) is 0 Å². The fourth-order valence-corrected chi connectivity index (χ4v) is 1.26. The van der Waals surface area contributed by atoms with Gasteiger partial charge >= 0.3 is 6.09 Å². The quantitative estimate of drug-likeness (QED) is 0.744. The van der Waals surface area contributed by atoms with Crippen LogP contribution in [0.1, 0.15) is 20.8 Å². The molecule has 0 radical (unpaired) electrons. The average molecular weight is 244 g/mol. The number of benzene rings is 1. The smallest absolute Gasteiger partial charge is 0.412 e. The number of ether oxygens (including phenoxy) is 1. The molecule has 0 saturated carbocycles. The first-order valence-electron chi connectivity index (χ1n) is 4.77. The maximum atomic E-state index is 11.4. The summed E-state index contributed by atoms with van der Waals surface area (Å²) in [7, 11) is 0.